The van der Waals surface area contributed by atoms with E-state index in [1.54, 1.807) is 11.1 Å². The van der Waals surface area contributed by atoms with Gasteiger partial charge in [0, 0.05) is 33.8 Å². The zero-order chi connectivity index (χ0) is 23.6. The highest BCUT2D eigenvalue weighted by Gasteiger charge is 2.40. The molecule has 0 saturated heterocycles. The number of hydrogen-bond acceptors (Lipinski definition) is 2. The van der Waals surface area contributed by atoms with Crippen molar-refractivity contribution in [2.75, 3.05) is 13.2 Å². The largest absolute Gasteiger partial charge is 0.397 e. The molecule has 0 amide bonds. The SMILES string of the molecule is C[Si](C)(CCO)C1C(C[Si]CC2=Cc3ccccc3C2[Si](C)(C)CCO)=Cc2ccccc21. The van der Waals surface area contributed by atoms with Gasteiger partial charge in [0.15, 0.2) is 0 Å². The van der Waals surface area contributed by atoms with Crippen molar-refractivity contribution < 1.29 is 10.2 Å². The van der Waals surface area contributed by atoms with Crippen LogP contribution in [0, 0.1) is 0 Å². The molecule has 33 heavy (non-hydrogen) atoms. The fraction of sp³-hybridized carbons (Fsp3) is 0.429. The topological polar surface area (TPSA) is 40.5 Å². The van der Waals surface area contributed by atoms with Crippen LogP contribution >= 0.6 is 0 Å². The summed E-state index contributed by atoms with van der Waals surface area (Å²) in [5.74, 6) is 0. The average molecular weight is 491 g/mol. The highest BCUT2D eigenvalue weighted by molar-refractivity contribution is 6.80. The lowest BCUT2D eigenvalue weighted by Crippen LogP contribution is -2.37. The zero-order valence-electron chi connectivity index (χ0n) is 20.6. The quantitative estimate of drug-likeness (QED) is 0.380. The number of hydrogen-bond donors (Lipinski definition) is 2. The van der Waals surface area contributed by atoms with Gasteiger partial charge in [0.2, 0.25) is 0 Å². The van der Waals surface area contributed by atoms with E-state index in [1.807, 2.05) is 0 Å². The van der Waals surface area contributed by atoms with Gasteiger partial charge in [-0.2, -0.15) is 0 Å². The van der Waals surface area contributed by atoms with Crippen molar-refractivity contribution in [1.29, 1.82) is 0 Å². The number of benzene rings is 2. The van der Waals surface area contributed by atoms with E-state index in [2.05, 4.69) is 86.9 Å². The van der Waals surface area contributed by atoms with E-state index in [-0.39, 0.29) is 0 Å². The first-order valence-electron chi connectivity index (χ1n) is 12.3. The van der Waals surface area contributed by atoms with Crippen LogP contribution in [0.1, 0.15) is 33.3 Å². The van der Waals surface area contributed by atoms with Crippen LogP contribution in [0.15, 0.2) is 59.7 Å². The Labute approximate surface area is 204 Å². The van der Waals surface area contributed by atoms with Gasteiger partial charge >= 0.3 is 0 Å². The smallest absolute Gasteiger partial charge is 0.0622 e. The number of fused-ring (bicyclic) bond motifs is 2. The Balaban J connectivity index is 1.52. The molecule has 2 unspecified atom stereocenters. The van der Waals surface area contributed by atoms with Crippen molar-refractivity contribution >= 4 is 37.8 Å². The second-order valence-corrected chi connectivity index (χ2v) is 22.4. The molecule has 2 aliphatic rings. The van der Waals surface area contributed by atoms with Crippen molar-refractivity contribution in [3.8, 4) is 0 Å². The minimum atomic E-state index is -1.62. The third kappa shape index (κ3) is 4.98. The molecule has 0 heterocycles. The summed E-state index contributed by atoms with van der Waals surface area (Å²) in [5, 5.41) is 19.5. The van der Waals surface area contributed by atoms with E-state index in [4.69, 9.17) is 0 Å². The maximum atomic E-state index is 9.75. The first-order chi connectivity index (χ1) is 15.8. The zero-order valence-corrected chi connectivity index (χ0v) is 23.6. The average Bonchev–Trinajstić information content (AvgIpc) is 3.32. The molecule has 2 nitrogen and oxygen atoms in total. The van der Waals surface area contributed by atoms with E-state index in [0.29, 0.717) is 24.3 Å². The standard InChI is InChI=1S/C28H38O2Si3/c1-32(2,15-13-29)27-23(17-21-9-5-7-11-25(21)27)19-31-20-24-18-22-10-6-8-12-26(22)28(24)33(3,4)16-14-30/h5-12,17-18,27-30H,13-16,19-20H2,1-4H3. The predicted molar refractivity (Wildman–Crippen MR) is 148 cm³/mol. The Kier molecular flexibility index (Phi) is 7.46. The predicted octanol–water partition coefficient (Wildman–Crippen LogP) is 6.37. The van der Waals surface area contributed by atoms with Crippen LogP contribution in [0.4, 0.5) is 0 Å². The Hall–Kier alpha value is -1.51. The summed E-state index contributed by atoms with van der Waals surface area (Å²) in [5.41, 5.74) is 10.0. The third-order valence-corrected chi connectivity index (χ3v) is 16.6. The summed E-state index contributed by atoms with van der Waals surface area (Å²) < 4.78 is 0. The molecule has 2 radical (unpaired) electrons. The number of aliphatic hydroxyl groups is 2. The first-order valence-corrected chi connectivity index (χ1v) is 20.3. The summed E-state index contributed by atoms with van der Waals surface area (Å²) in [7, 11) is -2.37. The van der Waals surface area contributed by atoms with Crippen molar-refractivity contribution in [3.05, 3.63) is 81.9 Å². The molecular formula is C28H38O2Si3. The van der Waals surface area contributed by atoms with Crippen LogP contribution in [-0.4, -0.2) is 49.1 Å². The van der Waals surface area contributed by atoms with Gasteiger partial charge < -0.3 is 10.2 Å². The molecule has 5 heteroatoms. The minimum Gasteiger partial charge on any atom is -0.397 e. The number of rotatable bonds is 10. The van der Waals surface area contributed by atoms with Crippen LogP contribution in [0.3, 0.4) is 0 Å². The van der Waals surface area contributed by atoms with Crippen molar-refractivity contribution in [3.63, 3.8) is 0 Å². The van der Waals surface area contributed by atoms with Crippen LogP contribution in [-0.2, 0) is 0 Å². The Morgan fingerprint density at radius 1 is 0.667 bits per heavy atom. The van der Waals surface area contributed by atoms with Gasteiger partial charge in [-0.1, -0.05) is 98.0 Å². The van der Waals surface area contributed by atoms with Gasteiger partial charge in [-0.3, -0.25) is 0 Å². The van der Waals surface area contributed by atoms with Crippen molar-refractivity contribution in [2.24, 2.45) is 0 Å². The molecular weight excluding hydrogens is 453 g/mol. The van der Waals surface area contributed by atoms with E-state index < -0.39 is 16.1 Å². The molecule has 0 fully saturated rings. The molecule has 0 aliphatic heterocycles. The summed E-state index contributed by atoms with van der Waals surface area (Å²) in [6, 6.07) is 22.0. The van der Waals surface area contributed by atoms with E-state index in [1.165, 1.54) is 22.3 Å². The molecule has 2 atom stereocenters. The van der Waals surface area contributed by atoms with Gasteiger partial charge in [0.1, 0.15) is 0 Å². The fourth-order valence-electron chi connectivity index (χ4n) is 6.14. The second-order valence-electron chi connectivity index (χ2n) is 11.1. The molecule has 0 saturated carbocycles. The lowest BCUT2D eigenvalue weighted by atomic mass is 10.1. The maximum Gasteiger partial charge on any atom is 0.0622 e. The molecule has 2 N–H and O–H groups in total. The van der Waals surface area contributed by atoms with E-state index in [9.17, 15) is 10.2 Å². The van der Waals surface area contributed by atoms with Crippen LogP contribution in [0.25, 0.3) is 12.2 Å². The van der Waals surface area contributed by atoms with Crippen molar-refractivity contribution in [2.45, 2.75) is 61.4 Å². The molecule has 2 aromatic carbocycles. The van der Waals surface area contributed by atoms with Gasteiger partial charge in [-0.25, -0.2) is 0 Å². The van der Waals surface area contributed by atoms with Gasteiger partial charge in [-0.05, 0) is 46.4 Å². The lowest BCUT2D eigenvalue weighted by Gasteiger charge is -2.33. The number of allylic oxidation sites excluding steroid dienone is 2. The van der Waals surface area contributed by atoms with E-state index >= 15 is 0 Å². The maximum absolute atomic E-state index is 9.75. The molecule has 2 aromatic rings. The summed E-state index contributed by atoms with van der Waals surface area (Å²) >= 11 is 0. The molecule has 2 aliphatic carbocycles. The van der Waals surface area contributed by atoms with Crippen LogP contribution in [0.5, 0.6) is 0 Å². The Morgan fingerprint density at radius 2 is 1.06 bits per heavy atom. The molecule has 0 spiro atoms. The van der Waals surface area contributed by atoms with Crippen LogP contribution in [0.2, 0.25) is 50.4 Å². The summed E-state index contributed by atoms with van der Waals surface area (Å²) in [6.45, 7) is 10.4. The second kappa shape index (κ2) is 10.0. The van der Waals surface area contributed by atoms with Gasteiger partial charge in [-0.15, -0.1) is 0 Å². The third-order valence-electron chi connectivity index (χ3n) is 7.77. The summed E-state index contributed by atoms with van der Waals surface area (Å²) in [6.07, 6.45) is 4.91. The highest BCUT2D eigenvalue weighted by Crippen LogP contribution is 2.47. The summed E-state index contributed by atoms with van der Waals surface area (Å²) in [4.78, 5) is 0. The van der Waals surface area contributed by atoms with Crippen molar-refractivity contribution in [1.82, 2.24) is 0 Å². The van der Waals surface area contributed by atoms with E-state index in [0.717, 1.165) is 33.7 Å². The van der Waals surface area contributed by atoms with Gasteiger partial charge in [0.05, 0.1) is 16.1 Å². The van der Waals surface area contributed by atoms with Crippen LogP contribution < -0.4 is 0 Å². The monoisotopic (exact) mass is 490 g/mol. The highest BCUT2D eigenvalue weighted by atomic mass is 28.3. The fourth-order valence-corrected chi connectivity index (χ4v) is 14.2. The molecule has 4 rings (SSSR count). The molecule has 0 aromatic heterocycles. The minimum absolute atomic E-state index is 0.296. The first kappa shape index (κ1) is 24.6. The molecule has 174 valence electrons. The Morgan fingerprint density at radius 3 is 1.45 bits per heavy atom. The van der Waals surface area contributed by atoms with Gasteiger partial charge in [0.25, 0.3) is 0 Å². The Bertz CT molecular complexity index is 971. The lowest BCUT2D eigenvalue weighted by molar-refractivity contribution is 0.315. The number of aliphatic hydroxyl groups excluding tert-OH is 2. The normalized spacial score (nSPS) is 19.8. The molecule has 0 bridgehead atoms.